The Balaban J connectivity index is 1.79. The summed E-state index contributed by atoms with van der Waals surface area (Å²) in [5.41, 5.74) is 0. The summed E-state index contributed by atoms with van der Waals surface area (Å²) in [6.07, 6.45) is 12.7. The average Bonchev–Trinajstić information content (AvgIpc) is 2.85. The van der Waals surface area contributed by atoms with Gasteiger partial charge in [-0.25, -0.2) is 0 Å². The van der Waals surface area contributed by atoms with Gasteiger partial charge < -0.3 is 4.48 Å². The fourth-order valence-electron chi connectivity index (χ4n) is 4.26. The molecule has 98 valence electrons. The molecule has 2 aliphatic carbocycles. The summed E-state index contributed by atoms with van der Waals surface area (Å²) in [5, 5.41) is 0. The lowest BCUT2D eigenvalue weighted by molar-refractivity contribution is -0.887. The Morgan fingerprint density at radius 1 is 1.06 bits per heavy atom. The molecule has 2 saturated carbocycles. The van der Waals surface area contributed by atoms with E-state index in [1.54, 1.807) is 0 Å². The summed E-state index contributed by atoms with van der Waals surface area (Å²) in [4.78, 5) is 0. The van der Waals surface area contributed by atoms with E-state index in [0.717, 1.165) is 28.8 Å². The van der Waals surface area contributed by atoms with Crippen LogP contribution < -0.4 is 0 Å². The molecule has 17 heavy (non-hydrogen) atoms. The molecule has 1 nitrogen and oxygen atoms in total. The second kappa shape index (κ2) is 5.56. The van der Waals surface area contributed by atoms with Gasteiger partial charge in [-0.15, -0.1) is 0 Å². The molecule has 0 bridgehead atoms. The molecule has 0 heterocycles. The zero-order chi connectivity index (χ0) is 12.3. The van der Waals surface area contributed by atoms with Gasteiger partial charge in [0.1, 0.15) is 0 Å². The second-order valence-corrected chi connectivity index (χ2v) is 7.07. The molecule has 0 N–H and O–H groups in total. The Bertz CT molecular complexity index is 250. The third-order valence-electron chi connectivity index (χ3n) is 5.02. The van der Waals surface area contributed by atoms with Crippen LogP contribution in [0.3, 0.4) is 0 Å². The molecule has 0 amide bonds. The Kier molecular flexibility index (Phi) is 4.30. The molecule has 2 aliphatic rings. The fourth-order valence-corrected chi connectivity index (χ4v) is 4.26. The van der Waals surface area contributed by atoms with E-state index < -0.39 is 0 Å². The van der Waals surface area contributed by atoms with Gasteiger partial charge in [-0.1, -0.05) is 32.3 Å². The van der Waals surface area contributed by atoms with E-state index in [0.29, 0.717) is 0 Å². The van der Waals surface area contributed by atoms with Gasteiger partial charge in [0.2, 0.25) is 0 Å². The first-order valence-corrected chi connectivity index (χ1v) is 7.53. The molecule has 0 saturated heterocycles. The largest absolute Gasteiger partial charge is 0.325 e. The highest BCUT2D eigenvalue weighted by atomic mass is 15.3. The number of rotatable bonds is 5. The second-order valence-electron chi connectivity index (χ2n) is 7.07. The maximum absolute atomic E-state index is 3.88. The molecule has 0 spiro atoms. The van der Waals surface area contributed by atoms with Gasteiger partial charge in [-0.3, -0.25) is 0 Å². The van der Waals surface area contributed by atoms with Crippen LogP contribution in [0.1, 0.15) is 44.9 Å². The first-order valence-electron chi connectivity index (χ1n) is 7.53. The third-order valence-corrected chi connectivity index (χ3v) is 5.02. The highest BCUT2D eigenvalue weighted by Crippen LogP contribution is 2.43. The smallest absolute Gasteiger partial charge is 0.0967 e. The number of hydrogen-bond donors (Lipinski definition) is 0. The molecule has 0 aromatic rings. The van der Waals surface area contributed by atoms with Crippen molar-refractivity contribution in [2.24, 2.45) is 17.8 Å². The van der Waals surface area contributed by atoms with Gasteiger partial charge in [-0.05, 0) is 37.2 Å². The summed E-state index contributed by atoms with van der Waals surface area (Å²) in [7, 11) is 4.70. The average molecular weight is 236 g/mol. The summed E-state index contributed by atoms with van der Waals surface area (Å²) in [6, 6.07) is 0. The van der Waals surface area contributed by atoms with Crippen molar-refractivity contribution in [1.82, 2.24) is 0 Å². The van der Waals surface area contributed by atoms with Crippen molar-refractivity contribution in [3.8, 4) is 0 Å². The van der Waals surface area contributed by atoms with Crippen molar-refractivity contribution >= 4 is 0 Å². The Morgan fingerprint density at radius 3 is 2.41 bits per heavy atom. The predicted octanol–water partition coefficient (Wildman–Crippen LogP) is 3.86. The van der Waals surface area contributed by atoms with Gasteiger partial charge in [0.25, 0.3) is 0 Å². The highest BCUT2D eigenvalue weighted by Gasteiger charge is 2.34. The van der Waals surface area contributed by atoms with Crippen LogP contribution >= 0.6 is 0 Å². The normalized spacial score (nSPS) is 30.9. The summed E-state index contributed by atoms with van der Waals surface area (Å²) in [6.45, 7) is 6.35. The minimum atomic E-state index is 0.982. The maximum Gasteiger partial charge on any atom is 0.0967 e. The van der Waals surface area contributed by atoms with Gasteiger partial charge in [0.15, 0.2) is 0 Å². The first-order chi connectivity index (χ1) is 8.11. The van der Waals surface area contributed by atoms with Gasteiger partial charge in [0, 0.05) is 5.92 Å². The van der Waals surface area contributed by atoms with Gasteiger partial charge in [0.05, 0.1) is 27.2 Å². The molecule has 1 heteroatoms. The van der Waals surface area contributed by atoms with Crippen molar-refractivity contribution in [2.75, 3.05) is 27.2 Å². The lowest BCUT2D eigenvalue weighted by atomic mass is 9.89. The van der Waals surface area contributed by atoms with Crippen molar-refractivity contribution in [3.63, 3.8) is 0 Å². The monoisotopic (exact) mass is 236 g/mol. The minimum Gasteiger partial charge on any atom is -0.325 e. The lowest BCUT2D eigenvalue weighted by Gasteiger charge is -2.31. The molecular weight excluding hydrogens is 206 g/mol. The Labute approximate surface area is 107 Å². The van der Waals surface area contributed by atoms with E-state index >= 15 is 0 Å². The van der Waals surface area contributed by atoms with Crippen LogP contribution in [0.15, 0.2) is 12.7 Å². The van der Waals surface area contributed by atoms with Crippen LogP contribution in [0.2, 0.25) is 0 Å². The van der Waals surface area contributed by atoms with E-state index in [2.05, 4.69) is 26.8 Å². The van der Waals surface area contributed by atoms with Gasteiger partial charge in [-0.2, -0.15) is 0 Å². The van der Waals surface area contributed by atoms with E-state index in [4.69, 9.17) is 0 Å². The zero-order valence-corrected chi connectivity index (χ0v) is 11.8. The Hall–Kier alpha value is -0.300. The van der Waals surface area contributed by atoms with Crippen molar-refractivity contribution in [2.45, 2.75) is 44.9 Å². The van der Waals surface area contributed by atoms with Crippen LogP contribution in [-0.4, -0.2) is 31.7 Å². The highest BCUT2D eigenvalue weighted by molar-refractivity contribution is 4.83. The summed E-state index contributed by atoms with van der Waals surface area (Å²) >= 11 is 0. The van der Waals surface area contributed by atoms with Crippen molar-refractivity contribution < 1.29 is 4.48 Å². The molecule has 1 unspecified atom stereocenters. The van der Waals surface area contributed by atoms with E-state index in [1.807, 2.05) is 0 Å². The SMILES string of the molecule is C=CC[N+](C)(C)C[C@@H]1CCC(C2CCCC2)C1. The summed E-state index contributed by atoms with van der Waals surface area (Å²) in [5.74, 6) is 3.15. The van der Waals surface area contributed by atoms with Crippen LogP contribution in [0.5, 0.6) is 0 Å². The minimum absolute atomic E-state index is 0.982. The number of likely N-dealkylation sites (N-methyl/N-ethyl adjacent to an activating group) is 1. The molecular formula is C16H30N+. The quantitative estimate of drug-likeness (QED) is 0.502. The topological polar surface area (TPSA) is 0 Å². The van der Waals surface area contributed by atoms with Gasteiger partial charge >= 0.3 is 0 Å². The molecule has 0 aromatic heterocycles. The molecule has 0 aromatic carbocycles. The van der Waals surface area contributed by atoms with E-state index in [9.17, 15) is 0 Å². The lowest BCUT2D eigenvalue weighted by Crippen LogP contribution is -2.43. The molecule has 0 aliphatic heterocycles. The van der Waals surface area contributed by atoms with E-state index in [1.165, 1.54) is 51.5 Å². The maximum atomic E-state index is 3.88. The molecule has 2 rings (SSSR count). The van der Waals surface area contributed by atoms with Crippen LogP contribution in [-0.2, 0) is 0 Å². The van der Waals surface area contributed by atoms with E-state index in [-0.39, 0.29) is 0 Å². The Morgan fingerprint density at radius 2 is 1.76 bits per heavy atom. The predicted molar refractivity (Wildman–Crippen MR) is 74.8 cm³/mol. The van der Waals surface area contributed by atoms with Crippen molar-refractivity contribution in [3.05, 3.63) is 12.7 Å². The third kappa shape index (κ3) is 3.58. The summed E-state index contributed by atoms with van der Waals surface area (Å²) < 4.78 is 1.13. The number of quaternary nitrogens is 1. The molecule has 0 radical (unpaired) electrons. The van der Waals surface area contributed by atoms with Crippen LogP contribution in [0.4, 0.5) is 0 Å². The first kappa shape index (κ1) is 13.1. The zero-order valence-electron chi connectivity index (χ0n) is 11.8. The van der Waals surface area contributed by atoms with Crippen LogP contribution in [0, 0.1) is 17.8 Å². The van der Waals surface area contributed by atoms with Crippen LogP contribution in [0.25, 0.3) is 0 Å². The number of hydrogen-bond acceptors (Lipinski definition) is 0. The number of nitrogens with zero attached hydrogens (tertiary/aromatic N) is 1. The molecule has 2 atom stereocenters. The standard InChI is InChI=1S/C16H30N/c1-4-11-17(2,3)13-14-9-10-16(12-14)15-7-5-6-8-15/h4,14-16H,1,5-13H2,2-3H3/q+1/t14-,16?/m1/s1. The fraction of sp³-hybridized carbons (Fsp3) is 0.875. The van der Waals surface area contributed by atoms with Crippen molar-refractivity contribution in [1.29, 1.82) is 0 Å². The molecule has 2 fully saturated rings.